The molecule has 90 valence electrons. The molecule has 3 rings (SSSR count). The molecule has 0 aliphatic heterocycles. The number of aromatic nitrogens is 3. The molecule has 0 saturated heterocycles. The van der Waals surface area contributed by atoms with Crippen LogP contribution in [0, 0.1) is 6.92 Å². The number of pyridine rings is 1. The van der Waals surface area contributed by atoms with E-state index in [0.717, 1.165) is 27.9 Å². The fourth-order valence-corrected chi connectivity index (χ4v) is 2.33. The number of halogens is 1. The van der Waals surface area contributed by atoms with Crippen molar-refractivity contribution in [3.8, 4) is 0 Å². The van der Waals surface area contributed by atoms with E-state index >= 15 is 0 Å². The first-order valence-corrected chi connectivity index (χ1v) is 6.56. The van der Waals surface area contributed by atoms with Gasteiger partial charge in [0.2, 0.25) is 0 Å². The van der Waals surface area contributed by atoms with Crippen molar-refractivity contribution in [3.05, 3.63) is 58.0 Å². The lowest BCUT2D eigenvalue weighted by Gasteiger charge is -2.02. The summed E-state index contributed by atoms with van der Waals surface area (Å²) in [6.07, 6.45) is 2.57. The average molecular weight is 302 g/mol. The number of imidazole rings is 1. The van der Waals surface area contributed by atoms with Gasteiger partial charge in [0.15, 0.2) is 5.65 Å². The highest BCUT2D eigenvalue weighted by Gasteiger charge is 2.06. The summed E-state index contributed by atoms with van der Waals surface area (Å²) in [5, 5.41) is 0. The monoisotopic (exact) mass is 301 g/mol. The number of fused-ring (bicyclic) bond motifs is 1. The number of hydrogen-bond acceptors (Lipinski definition) is 2. The van der Waals surface area contributed by atoms with E-state index in [1.165, 1.54) is 11.1 Å². The molecule has 0 unspecified atom stereocenters. The maximum atomic E-state index is 4.50. The molecule has 1 N–H and O–H groups in total. The lowest BCUT2D eigenvalue weighted by molar-refractivity contribution is 1.02. The van der Waals surface area contributed by atoms with Crippen LogP contribution in [0.2, 0.25) is 0 Å². The molecule has 0 amide bonds. The second kappa shape index (κ2) is 4.53. The van der Waals surface area contributed by atoms with E-state index < -0.39 is 0 Å². The van der Waals surface area contributed by atoms with Crippen LogP contribution in [-0.4, -0.2) is 15.0 Å². The van der Waals surface area contributed by atoms with E-state index in [4.69, 9.17) is 0 Å². The van der Waals surface area contributed by atoms with E-state index in [-0.39, 0.29) is 0 Å². The van der Waals surface area contributed by atoms with Gasteiger partial charge in [0.05, 0.1) is 5.52 Å². The predicted octanol–water partition coefficient (Wildman–Crippen LogP) is 3.62. The fraction of sp³-hybridized carbons (Fsp3) is 0.143. The van der Waals surface area contributed by atoms with Crippen molar-refractivity contribution >= 4 is 27.1 Å². The van der Waals surface area contributed by atoms with Crippen LogP contribution in [0.1, 0.15) is 17.0 Å². The lowest BCUT2D eigenvalue weighted by atomic mass is 10.1. The van der Waals surface area contributed by atoms with Crippen LogP contribution < -0.4 is 0 Å². The van der Waals surface area contributed by atoms with Crippen molar-refractivity contribution in [3.63, 3.8) is 0 Å². The quantitative estimate of drug-likeness (QED) is 0.785. The van der Waals surface area contributed by atoms with E-state index in [0.29, 0.717) is 0 Å². The minimum Gasteiger partial charge on any atom is -0.340 e. The molecule has 2 heterocycles. The summed E-state index contributed by atoms with van der Waals surface area (Å²) >= 11 is 3.41. The third-order valence-electron chi connectivity index (χ3n) is 2.97. The van der Waals surface area contributed by atoms with E-state index in [9.17, 15) is 0 Å². The van der Waals surface area contributed by atoms with Gasteiger partial charge in [0.1, 0.15) is 5.82 Å². The molecule has 0 spiro atoms. The zero-order valence-electron chi connectivity index (χ0n) is 9.94. The van der Waals surface area contributed by atoms with E-state index in [1.54, 1.807) is 6.20 Å². The van der Waals surface area contributed by atoms with Gasteiger partial charge in [-0.15, -0.1) is 0 Å². The first kappa shape index (κ1) is 11.4. The topological polar surface area (TPSA) is 41.6 Å². The standard InChI is InChI=1S/C14H12BrN3/c1-9-4-2-3-5-10(9)6-13-17-12-7-11(15)8-16-14(12)18-13/h2-5,7-8H,6H2,1H3,(H,16,17,18). The molecular formula is C14H12BrN3. The second-order valence-electron chi connectivity index (χ2n) is 4.31. The number of benzene rings is 1. The molecule has 4 heteroatoms. The highest BCUT2D eigenvalue weighted by atomic mass is 79.9. The normalized spacial score (nSPS) is 11.0. The summed E-state index contributed by atoms with van der Waals surface area (Å²) in [5.74, 6) is 0.949. The summed E-state index contributed by atoms with van der Waals surface area (Å²) in [7, 11) is 0. The number of rotatable bonds is 2. The summed E-state index contributed by atoms with van der Waals surface area (Å²) in [5.41, 5.74) is 4.30. The molecule has 0 aliphatic rings. The largest absolute Gasteiger partial charge is 0.340 e. The molecule has 0 radical (unpaired) electrons. The molecule has 0 aliphatic carbocycles. The Labute approximate surface area is 113 Å². The smallest absolute Gasteiger partial charge is 0.177 e. The van der Waals surface area contributed by atoms with Gasteiger partial charge in [-0.25, -0.2) is 9.97 Å². The van der Waals surface area contributed by atoms with Crippen LogP contribution in [0.3, 0.4) is 0 Å². The van der Waals surface area contributed by atoms with E-state index in [1.807, 2.05) is 6.07 Å². The SMILES string of the molecule is Cc1ccccc1Cc1nc2ncc(Br)cc2[nH]1. The van der Waals surface area contributed by atoms with Gasteiger partial charge in [-0.3, -0.25) is 0 Å². The molecular weight excluding hydrogens is 290 g/mol. The molecule has 2 aromatic heterocycles. The van der Waals surface area contributed by atoms with Crippen molar-refractivity contribution in [1.82, 2.24) is 15.0 Å². The highest BCUT2D eigenvalue weighted by Crippen LogP contribution is 2.17. The zero-order valence-corrected chi connectivity index (χ0v) is 11.5. The second-order valence-corrected chi connectivity index (χ2v) is 5.23. The van der Waals surface area contributed by atoms with Gasteiger partial charge in [0.25, 0.3) is 0 Å². The van der Waals surface area contributed by atoms with Crippen LogP contribution in [0.25, 0.3) is 11.2 Å². The van der Waals surface area contributed by atoms with Gasteiger partial charge in [-0.1, -0.05) is 24.3 Å². The Hall–Kier alpha value is -1.68. The molecule has 18 heavy (non-hydrogen) atoms. The predicted molar refractivity (Wildman–Crippen MR) is 75.6 cm³/mol. The first-order valence-electron chi connectivity index (χ1n) is 5.77. The van der Waals surface area contributed by atoms with Crippen LogP contribution in [-0.2, 0) is 6.42 Å². The maximum Gasteiger partial charge on any atom is 0.177 e. The summed E-state index contributed by atoms with van der Waals surface area (Å²) < 4.78 is 0.959. The summed E-state index contributed by atoms with van der Waals surface area (Å²) in [6.45, 7) is 2.12. The van der Waals surface area contributed by atoms with Crippen molar-refractivity contribution in [2.24, 2.45) is 0 Å². The third-order valence-corrected chi connectivity index (χ3v) is 3.41. The zero-order chi connectivity index (χ0) is 12.5. The number of nitrogens with one attached hydrogen (secondary N) is 1. The Balaban J connectivity index is 1.98. The van der Waals surface area contributed by atoms with Crippen molar-refractivity contribution in [2.75, 3.05) is 0 Å². The molecule has 0 atom stereocenters. The number of hydrogen-bond donors (Lipinski definition) is 1. The Kier molecular flexibility index (Phi) is 2.88. The average Bonchev–Trinajstić information content (AvgIpc) is 2.73. The Bertz CT molecular complexity index is 703. The Morgan fingerprint density at radius 2 is 2.11 bits per heavy atom. The molecule has 1 aromatic carbocycles. The molecule has 3 aromatic rings. The van der Waals surface area contributed by atoms with Crippen LogP contribution in [0.5, 0.6) is 0 Å². The van der Waals surface area contributed by atoms with Gasteiger partial charge in [-0.2, -0.15) is 0 Å². The van der Waals surface area contributed by atoms with Gasteiger partial charge in [0, 0.05) is 17.1 Å². The van der Waals surface area contributed by atoms with Crippen molar-refractivity contribution in [2.45, 2.75) is 13.3 Å². The van der Waals surface area contributed by atoms with Crippen LogP contribution in [0.15, 0.2) is 41.0 Å². The molecule has 0 fully saturated rings. The van der Waals surface area contributed by atoms with Crippen LogP contribution in [0.4, 0.5) is 0 Å². The van der Waals surface area contributed by atoms with Gasteiger partial charge in [-0.05, 0) is 40.0 Å². The van der Waals surface area contributed by atoms with Gasteiger partial charge >= 0.3 is 0 Å². The summed E-state index contributed by atoms with van der Waals surface area (Å²) in [6, 6.07) is 10.4. The van der Waals surface area contributed by atoms with Crippen LogP contribution >= 0.6 is 15.9 Å². The Morgan fingerprint density at radius 3 is 2.94 bits per heavy atom. The fourth-order valence-electron chi connectivity index (χ4n) is 2.00. The maximum absolute atomic E-state index is 4.50. The highest BCUT2D eigenvalue weighted by molar-refractivity contribution is 9.10. The molecule has 0 saturated carbocycles. The van der Waals surface area contributed by atoms with Gasteiger partial charge < -0.3 is 4.98 Å². The molecule has 0 bridgehead atoms. The minimum absolute atomic E-state index is 0.766. The molecule has 3 nitrogen and oxygen atoms in total. The van der Waals surface area contributed by atoms with Crippen molar-refractivity contribution < 1.29 is 0 Å². The number of H-pyrrole nitrogens is 1. The first-order chi connectivity index (χ1) is 8.72. The Morgan fingerprint density at radius 1 is 1.28 bits per heavy atom. The number of aryl methyl sites for hydroxylation is 1. The number of aromatic amines is 1. The lowest BCUT2D eigenvalue weighted by Crippen LogP contribution is -1.93. The third kappa shape index (κ3) is 2.16. The van der Waals surface area contributed by atoms with E-state index in [2.05, 4.69) is 62.1 Å². The van der Waals surface area contributed by atoms with Crippen molar-refractivity contribution in [1.29, 1.82) is 0 Å². The summed E-state index contributed by atoms with van der Waals surface area (Å²) in [4.78, 5) is 12.1. The minimum atomic E-state index is 0.766. The number of nitrogens with zero attached hydrogens (tertiary/aromatic N) is 2.